The molecule has 1 aromatic rings. The Balaban J connectivity index is 0.00000272. The fourth-order valence-electron chi connectivity index (χ4n) is 4.62. The van der Waals surface area contributed by atoms with Crippen LogP contribution in [0, 0.1) is 0 Å². The maximum Gasteiger partial charge on any atom is 0.251 e. The number of carbonyl (C=O) groups is 1. The van der Waals surface area contributed by atoms with Crippen molar-refractivity contribution in [3.8, 4) is 0 Å². The van der Waals surface area contributed by atoms with Crippen molar-refractivity contribution in [3.63, 3.8) is 0 Å². The molecule has 1 atom stereocenters. The minimum Gasteiger partial charge on any atom is -0.368 e. The Morgan fingerprint density at radius 2 is 1.90 bits per heavy atom. The summed E-state index contributed by atoms with van der Waals surface area (Å²) in [6.45, 7) is 5.68. The summed E-state index contributed by atoms with van der Waals surface area (Å²) in [5.41, 5.74) is 0. The Morgan fingerprint density at radius 1 is 1.10 bits per heavy atom. The van der Waals surface area contributed by atoms with Gasteiger partial charge in [-0.3, -0.25) is 9.79 Å². The molecule has 4 rings (SSSR count). The van der Waals surface area contributed by atoms with E-state index >= 15 is 0 Å². The van der Waals surface area contributed by atoms with Crippen LogP contribution in [0.1, 0.15) is 50.2 Å². The van der Waals surface area contributed by atoms with Gasteiger partial charge in [-0.1, -0.05) is 6.42 Å². The molecule has 0 bridgehead atoms. The number of carbonyl (C=O) groups excluding carboxylic acids is 1. The van der Waals surface area contributed by atoms with E-state index < -0.39 is 0 Å². The van der Waals surface area contributed by atoms with Crippen LogP contribution in [0.3, 0.4) is 0 Å². The third kappa shape index (κ3) is 6.09. The zero-order valence-electron chi connectivity index (χ0n) is 18.6. The van der Waals surface area contributed by atoms with Gasteiger partial charge in [0.2, 0.25) is 0 Å². The summed E-state index contributed by atoms with van der Waals surface area (Å²) in [6, 6.07) is 0. The first kappa shape index (κ1) is 24.2. The third-order valence-electron chi connectivity index (χ3n) is 6.35. The highest BCUT2D eigenvalue weighted by atomic mass is 127. The number of nitrogens with one attached hydrogen (secondary N) is 1. The molecule has 10 heteroatoms. The van der Waals surface area contributed by atoms with E-state index in [2.05, 4.69) is 30.0 Å². The van der Waals surface area contributed by atoms with E-state index in [1.807, 2.05) is 11.9 Å². The summed E-state index contributed by atoms with van der Waals surface area (Å²) in [4.78, 5) is 21.1. The number of guanidine groups is 1. The number of aromatic nitrogens is 3. The first-order chi connectivity index (χ1) is 14.8. The molecule has 2 fully saturated rings. The van der Waals surface area contributed by atoms with Crippen LogP contribution in [-0.2, 0) is 28.9 Å². The van der Waals surface area contributed by atoms with E-state index in [-0.39, 0.29) is 36.0 Å². The molecule has 0 aromatic carbocycles. The van der Waals surface area contributed by atoms with Gasteiger partial charge in [0.05, 0.1) is 0 Å². The lowest BCUT2D eigenvalue weighted by atomic mass is 10.2. The highest BCUT2D eigenvalue weighted by Crippen LogP contribution is 2.17. The summed E-state index contributed by atoms with van der Waals surface area (Å²) in [6.07, 6.45) is 8.35. The third-order valence-corrected chi connectivity index (χ3v) is 6.35. The Morgan fingerprint density at radius 3 is 2.65 bits per heavy atom. The molecule has 3 aliphatic heterocycles. The van der Waals surface area contributed by atoms with E-state index in [1.165, 1.54) is 19.3 Å². The van der Waals surface area contributed by atoms with Crippen LogP contribution in [0.25, 0.3) is 0 Å². The summed E-state index contributed by atoms with van der Waals surface area (Å²) < 4.78 is 7.87. The van der Waals surface area contributed by atoms with Crippen LogP contribution < -0.4 is 5.32 Å². The minimum atomic E-state index is -0.221. The van der Waals surface area contributed by atoms with E-state index in [0.717, 1.165) is 89.0 Å². The lowest BCUT2D eigenvalue weighted by molar-refractivity contribution is -0.142. The Kier molecular flexibility index (Phi) is 9.36. The van der Waals surface area contributed by atoms with Crippen molar-refractivity contribution in [2.24, 2.45) is 4.99 Å². The fourth-order valence-corrected chi connectivity index (χ4v) is 4.62. The van der Waals surface area contributed by atoms with Gasteiger partial charge >= 0.3 is 0 Å². The van der Waals surface area contributed by atoms with E-state index in [9.17, 15) is 4.79 Å². The zero-order valence-corrected chi connectivity index (χ0v) is 20.9. The van der Waals surface area contributed by atoms with Crippen LogP contribution in [0.4, 0.5) is 0 Å². The van der Waals surface area contributed by atoms with E-state index in [1.54, 1.807) is 0 Å². The normalized spacial score (nSPS) is 22.0. The maximum absolute atomic E-state index is 12.5. The van der Waals surface area contributed by atoms with Crippen LogP contribution in [-0.4, -0.2) is 88.9 Å². The van der Waals surface area contributed by atoms with Crippen molar-refractivity contribution >= 4 is 35.8 Å². The van der Waals surface area contributed by atoms with Crippen LogP contribution in [0.15, 0.2) is 4.99 Å². The maximum atomic E-state index is 12.5. The van der Waals surface area contributed by atoms with Gasteiger partial charge in [-0.15, -0.1) is 34.2 Å². The highest BCUT2D eigenvalue weighted by Gasteiger charge is 2.30. The second-order valence-electron chi connectivity index (χ2n) is 8.39. The topological polar surface area (TPSA) is 87.9 Å². The monoisotopic (exact) mass is 545 g/mol. The minimum absolute atomic E-state index is 0. The van der Waals surface area contributed by atoms with Gasteiger partial charge < -0.3 is 24.4 Å². The smallest absolute Gasteiger partial charge is 0.251 e. The van der Waals surface area contributed by atoms with E-state index in [4.69, 9.17) is 4.74 Å². The van der Waals surface area contributed by atoms with Crippen molar-refractivity contribution in [2.45, 2.75) is 64.0 Å². The molecule has 9 nitrogen and oxygen atoms in total. The first-order valence-corrected chi connectivity index (χ1v) is 11.5. The van der Waals surface area contributed by atoms with Crippen molar-refractivity contribution in [1.82, 2.24) is 29.9 Å². The van der Waals surface area contributed by atoms with Gasteiger partial charge in [-0.05, 0) is 32.1 Å². The number of halogens is 1. The highest BCUT2D eigenvalue weighted by molar-refractivity contribution is 14.0. The average molecular weight is 545 g/mol. The van der Waals surface area contributed by atoms with Crippen LogP contribution >= 0.6 is 24.0 Å². The summed E-state index contributed by atoms with van der Waals surface area (Å²) in [5, 5.41) is 12.3. The molecular formula is C21H36IN7O2. The number of rotatable bonds is 5. The van der Waals surface area contributed by atoms with Gasteiger partial charge in [-0.25, -0.2) is 0 Å². The summed E-state index contributed by atoms with van der Waals surface area (Å²) in [7, 11) is 1.82. The predicted molar refractivity (Wildman–Crippen MR) is 130 cm³/mol. The van der Waals surface area contributed by atoms with Crippen molar-refractivity contribution in [2.75, 3.05) is 46.4 Å². The number of hydrogen-bond donors (Lipinski definition) is 1. The number of piperazine rings is 1. The van der Waals surface area contributed by atoms with Crippen LogP contribution in [0.5, 0.6) is 0 Å². The first-order valence-electron chi connectivity index (χ1n) is 11.5. The van der Waals surface area contributed by atoms with Gasteiger partial charge in [0.1, 0.15) is 17.8 Å². The lowest BCUT2D eigenvalue weighted by Gasteiger charge is -2.37. The Bertz CT molecular complexity index is 740. The molecule has 0 saturated carbocycles. The number of fused-ring (bicyclic) bond motifs is 1. The number of hydrogen-bond acceptors (Lipinski definition) is 5. The van der Waals surface area contributed by atoms with Gasteiger partial charge in [0.15, 0.2) is 5.96 Å². The Hall–Kier alpha value is -1.43. The molecule has 174 valence electrons. The van der Waals surface area contributed by atoms with Crippen molar-refractivity contribution < 1.29 is 9.53 Å². The van der Waals surface area contributed by atoms with Gasteiger partial charge in [0.25, 0.3) is 5.91 Å². The Labute approximate surface area is 202 Å². The molecule has 0 aliphatic carbocycles. The summed E-state index contributed by atoms with van der Waals surface area (Å²) >= 11 is 0. The molecule has 3 aliphatic rings. The number of aliphatic imine (C=N–C) groups is 1. The SMILES string of the molecule is CN=C(NCCCc1nnc2n1CCCCC2)N1CCN(C(=O)C2CCCO2)CC1.I. The molecule has 1 aromatic heterocycles. The molecule has 1 amide bonds. The largest absolute Gasteiger partial charge is 0.368 e. The molecule has 0 radical (unpaired) electrons. The molecule has 2 saturated heterocycles. The van der Waals surface area contributed by atoms with Crippen molar-refractivity contribution in [1.29, 1.82) is 0 Å². The number of aryl methyl sites for hydroxylation is 2. The molecule has 1 unspecified atom stereocenters. The molecule has 0 spiro atoms. The standard InChI is InChI=1S/C21H35N7O2.HI/c1-22-21(27-14-12-26(13-15-27)20(29)17-7-6-16-30-17)23-10-5-9-19-25-24-18-8-3-2-4-11-28(18)19;/h17H,2-16H2,1H3,(H,22,23);1H. The lowest BCUT2D eigenvalue weighted by Crippen LogP contribution is -2.55. The fraction of sp³-hybridized carbons (Fsp3) is 0.810. The second-order valence-corrected chi connectivity index (χ2v) is 8.39. The number of nitrogens with zero attached hydrogens (tertiary/aromatic N) is 6. The number of ether oxygens (including phenoxy) is 1. The molecule has 4 heterocycles. The zero-order chi connectivity index (χ0) is 20.8. The number of amides is 1. The van der Waals surface area contributed by atoms with Gasteiger partial charge in [0, 0.05) is 65.8 Å². The summed E-state index contributed by atoms with van der Waals surface area (Å²) in [5.74, 6) is 3.34. The van der Waals surface area contributed by atoms with Crippen LogP contribution in [0.2, 0.25) is 0 Å². The van der Waals surface area contributed by atoms with E-state index in [0.29, 0.717) is 6.61 Å². The van der Waals surface area contributed by atoms with Crippen molar-refractivity contribution in [3.05, 3.63) is 11.6 Å². The molecular weight excluding hydrogens is 509 g/mol. The quantitative estimate of drug-likeness (QED) is 0.261. The van der Waals surface area contributed by atoms with Gasteiger partial charge in [-0.2, -0.15) is 0 Å². The predicted octanol–water partition coefficient (Wildman–Crippen LogP) is 1.45. The second kappa shape index (κ2) is 12.0. The molecule has 1 N–H and O–H groups in total. The molecule has 31 heavy (non-hydrogen) atoms. The average Bonchev–Trinajstić information content (AvgIpc) is 3.39.